The first-order chi connectivity index (χ1) is 8.75. The van der Waals surface area contributed by atoms with Gasteiger partial charge in [-0.1, -0.05) is 42.5 Å². The number of fused-ring (bicyclic) bond motifs is 1. The molecule has 0 heterocycles. The number of hydrogen-bond acceptors (Lipinski definition) is 3. The van der Waals surface area contributed by atoms with E-state index < -0.39 is 14.6 Å². The van der Waals surface area contributed by atoms with Gasteiger partial charge in [0, 0.05) is 11.8 Å². The Morgan fingerprint density at radius 1 is 1.00 bits per heavy atom. The molecular formula is C15H16O3S. The van der Waals surface area contributed by atoms with Gasteiger partial charge in [-0.15, -0.1) is 0 Å². The molecule has 0 saturated carbocycles. The van der Waals surface area contributed by atoms with Crippen LogP contribution in [0.15, 0.2) is 42.5 Å². The van der Waals surface area contributed by atoms with Gasteiger partial charge in [-0.3, -0.25) is 4.79 Å². The summed E-state index contributed by atoms with van der Waals surface area (Å²) in [6, 6.07) is 12.8. The van der Waals surface area contributed by atoms with Crippen molar-refractivity contribution >= 4 is 26.4 Å². The molecule has 0 aliphatic heterocycles. The van der Waals surface area contributed by atoms with E-state index in [1.807, 2.05) is 30.3 Å². The van der Waals surface area contributed by atoms with Crippen molar-refractivity contribution in [2.45, 2.75) is 18.6 Å². The second kappa shape index (κ2) is 4.46. The van der Waals surface area contributed by atoms with Crippen LogP contribution in [0.5, 0.6) is 0 Å². The third kappa shape index (κ3) is 2.28. The van der Waals surface area contributed by atoms with Crippen molar-refractivity contribution in [1.29, 1.82) is 0 Å². The monoisotopic (exact) mass is 276 g/mol. The predicted molar refractivity (Wildman–Crippen MR) is 77.2 cm³/mol. The summed E-state index contributed by atoms with van der Waals surface area (Å²) in [4.78, 5) is 12.5. The van der Waals surface area contributed by atoms with E-state index in [1.165, 1.54) is 13.8 Å². The number of carbonyl (C=O) groups excluding carboxylic acids is 1. The van der Waals surface area contributed by atoms with Crippen molar-refractivity contribution in [3.05, 3.63) is 48.0 Å². The van der Waals surface area contributed by atoms with Crippen LogP contribution in [0, 0.1) is 0 Å². The highest BCUT2D eigenvalue weighted by molar-refractivity contribution is 7.92. The van der Waals surface area contributed by atoms with Crippen molar-refractivity contribution in [3.8, 4) is 0 Å². The lowest BCUT2D eigenvalue weighted by atomic mass is 9.95. The Morgan fingerprint density at radius 2 is 1.58 bits per heavy atom. The van der Waals surface area contributed by atoms with Gasteiger partial charge in [-0.25, -0.2) is 8.42 Å². The van der Waals surface area contributed by atoms with Gasteiger partial charge in [-0.2, -0.15) is 0 Å². The maximum atomic E-state index is 12.5. The molecule has 4 heteroatoms. The van der Waals surface area contributed by atoms with Gasteiger partial charge < -0.3 is 0 Å². The lowest BCUT2D eigenvalue weighted by Gasteiger charge is -2.21. The second-order valence-corrected chi connectivity index (χ2v) is 7.70. The van der Waals surface area contributed by atoms with Crippen LogP contribution < -0.4 is 0 Å². The van der Waals surface area contributed by atoms with Crippen LogP contribution in [0.2, 0.25) is 0 Å². The number of rotatable bonds is 3. The highest BCUT2D eigenvalue weighted by atomic mass is 32.2. The van der Waals surface area contributed by atoms with Crippen molar-refractivity contribution in [2.24, 2.45) is 0 Å². The quantitative estimate of drug-likeness (QED) is 0.810. The fourth-order valence-electron chi connectivity index (χ4n) is 1.92. The molecule has 2 rings (SSSR count). The fraction of sp³-hybridized carbons (Fsp3) is 0.267. The molecule has 0 bridgehead atoms. The topological polar surface area (TPSA) is 51.2 Å². The van der Waals surface area contributed by atoms with Gasteiger partial charge in [0.1, 0.15) is 4.75 Å². The largest absolute Gasteiger partial charge is 0.292 e. The molecule has 0 radical (unpaired) electrons. The molecule has 0 amide bonds. The minimum atomic E-state index is -3.47. The summed E-state index contributed by atoms with van der Waals surface area (Å²) in [7, 11) is -3.47. The fourth-order valence-corrected chi connectivity index (χ4v) is 2.36. The van der Waals surface area contributed by atoms with Crippen LogP contribution in [0.1, 0.15) is 24.2 Å². The van der Waals surface area contributed by atoms with E-state index in [2.05, 4.69) is 0 Å². The van der Waals surface area contributed by atoms with Crippen LogP contribution in [-0.4, -0.2) is 25.2 Å². The lowest BCUT2D eigenvalue weighted by Crippen LogP contribution is -2.40. The summed E-state index contributed by atoms with van der Waals surface area (Å²) in [5.41, 5.74) is 0.452. The predicted octanol–water partition coefficient (Wildman–Crippen LogP) is 2.85. The van der Waals surface area contributed by atoms with E-state index in [9.17, 15) is 13.2 Å². The third-order valence-electron chi connectivity index (χ3n) is 3.51. The van der Waals surface area contributed by atoms with Gasteiger partial charge in [-0.05, 0) is 24.6 Å². The molecule has 100 valence electrons. The molecule has 3 nitrogen and oxygen atoms in total. The Bertz CT molecular complexity index is 738. The van der Waals surface area contributed by atoms with Gasteiger partial charge >= 0.3 is 0 Å². The average molecular weight is 276 g/mol. The Balaban J connectivity index is 2.67. The average Bonchev–Trinajstić information content (AvgIpc) is 2.36. The summed E-state index contributed by atoms with van der Waals surface area (Å²) in [5, 5.41) is 1.71. The summed E-state index contributed by atoms with van der Waals surface area (Å²) in [5.74, 6) is -0.369. The zero-order valence-corrected chi connectivity index (χ0v) is 12.0. The number of carbonyl (C=O) groups is 1. The molecule has 0 aliphatic rings. The molecule has 19 heavy (non-hydrogen) atoms. The Labute approximate surface area is 113 Å². The van der Waals surface area contributed by atoms with E-state index in [0.717, 1.165) is 17.0 Å². The second-order valence-electron chi connectivity index (χ2n) is 5.14. The smallest absolute Gasteiger partial charge is 0.184 e. The van der Waals surface area contributed by atoms with Gasteiger partial charge in [0.15, 0.2) is 15.6 Å². The van der Waals surface area contributed by atoms with Crippen LogP contribution >= 0.6 is 0 Å². The van der Waals surface area contributed by atoms with Crippen molar-refractivity contribution in [1.82, 2.24) is 0 Å². The zero-order valence-electron chi connectivity index (χ0n) is 11.2. The lowest BCUT2D eigenvalue weighted by molar-refractivity contribution is 0.0955. The molecule has 2 aromatic carbocycles. The molecule has 0 unspecified atom stereocenters. The summed E-state index contributed by atoms with van der Waals surface area (Å²) < 4.78 is 22.1. The van der Waals surface area contributed by atoms with Crippen LogP contribution in [0.4, 0.5) is 0 Å². The van der Waals surface area contributed by atoms with E-state index in [-0.39, 0.29) is 5.78 Å². The molecule has 2 aromatic rings. The number of benzene rings is 2. The number of Topliss-reactive ketones (excluding diaryl/α,β-unsaturated/α-hetero) is 1. The van der Waals surface area contributed by atoms with E-state index in [0.29, 0.717) is 5.56 Å². The van der Waals surface area contributed by atoms with Gasteiger partial charge in [0.25, 0.3) is 0 Å². The molecule has 0 aliphatic carbocycles. The Kier molecular flexibility index (Phi) is 3.22. The molecule has 0 N–H and O–H groups in total. The highest BCUT2D eigenvalue weighted by Gasteiger charge is 2.39. The summed E-state index contributed by atoms with van der Waals surface area (Å²) >= 11 is 0. The maximum Gasteiger partial charge on any atom is 0.184 e. The standard InChI is InChI=1S/C15H16O3S/c1-15(2,19(3,17)18)14(16)13-10-6-8-11-7-4-5-9-12(11)13/h4-10H,1-3H3. The number of ketones is 1. The van der Waals surface area contributed by atoms with E-state index >= 15 is 0 Å². The van der Waals surface area contributed by atoms with Gasteiger partial charge in [0.05, 0.1) is 0 Å². The normalized spacial score (nSPS) is 12.6. The molecular weight excluding hydrogens is 260 g/mol. The van der Waals surface area contributed by atoms with Gasteiger partial charge in [0.2, 0.25) is 0 Å². The van der Waals surface area contributed by atoms with Crippen LogP contribution in [-0.2, 0) is 9.84 Å². The van der Waals surface area contributed by atoms with E-state index in [1.54, 1.807) is 12.1 Å². The first kappa shape index (κ1) is 13.7. The SMILES string of the molecule is CC(C)(C(=O)c1cccc2ccccc12)S(C)(=O)=O. The van der Waals surface area contributed by atoms with Crippen LogP contribution in [0.3, 0.4) is 0 Å². The molecule has 0 aromatic heterocycles. The first-order valence-corrected chi connectivity index (χ1v) is 7.86. The first-order valence-electron chi connectivity index (χ1n) is 5.97. The van der Waals surface area contributed by atoms with Crippen molar-refractivity contribution in [2.75, 3.05) is 6.26 Å². The third-order valence-corrected chi connectivity index (χ3v) is 5.55. The molecule has 0 spiro atoms. The molecule has 0 saturated heterocycles. The molecule has 0 atom stereocenters. The highest BCUT2D eigenvalue weighted by Crippen LogP contribution is 2.26. The molecule has 0 fully saturated rings. The Morgan fingerprint density at radius 3 is 2.21 bits per heavy atom. The van der Waals surface area contributed by atoms with E-state index in [4.69, 9.17) is 0 Å². The van der Waals surface area contributed by atoms with Crippen molar-refractivity contribution < 1.29 is 13.2 Å². The minimum Gasteiger partial charge on any atom is -0.292 e. The number of sulfone groups is 1. The van der Waals surface area contributed by atoms with Crippen molar-refractivity contribution in [3.63, 3.8) is 0 Å². The summed E-state index contributed by atoms with van der Waals surface area (Å²) in [6.07, 6.45) is 1.09. The van der Waals surface area contributed by atoms with Crippen LogP contribution in [0.25, 0.3) is 10.8 Å². The zero-order chi connectivity index (χ0) is 14.3. The maximum absolute atomic E-state index is 12.5. The number of hydrogen-bond donors (Lipinski definition) is 0. The minimum absolute atomic E-state index is 0.369. The Hall–Kier alpha value is -1.68. The summed E-state index contributed by atoms with van der Waals surface area (Å²) in [6.45, 7) is 2.90.